The van der Waals surface area contributed by atoms with Crippen molar-refractivity contribution in [2.45, 2.75) is 19.1 Å². The van der Waals surface area contributed by atoms with Gasteiger partial charge < -0.3 is 20.6 Å². The smallest absolute Gasteiger partial charge is 0.319 e. The molecule has 5 nitrogen and oxygen atoms in total. The summed E-state index contributed by atoms with van der Waals surface area (Å²) in [5.41, 5.74) is 1.77. The highest BCUT2D eigenvalue weighted by Gasteiger charge is 2.19. The van der Waals surface area contributed by atoms with Crippen LogP contribution in [0.15, 0.2) is 42.5 Å². The molecule has 0 heterocycles. The van der Waals surface area contributed by atoms with Crippen LogP contribution < -0.4 is 15.5 Å². The summed E-state index contributed by atoms with van der Waals surface area (Å²) in [5.74, 6) is -2.04. The molecule has 7 heteroatoms. The van der Waals surface area contributed by atoms with Crippen LogP contribution in [-0.2, 0) is 0 Å². The summed E-state index contributed by atoms with van der Waals surface area (Å²) in [5, 5.41) is 15.4. The molecule has 0 aliphatic carbocycles. The molecule has 2 rings (SSSR count). The Bertz CT molecular complexity index is 736. The summed E-state index contributed by atoms with van der Waals surface area (Å²) in [6.07, 6.45) is -1.17. The Morgan fingerprint density at radius 2 is 1.72 bits per heavy atom. The highest BCUT2D eigenvalue weighted by molar-refractivity contribution is 5.89. The average Bonchev–Trinajstić information content (AvgIpc) is 2.57. The van der Waals surface area contributed by atoms with E-state index in [0.717, 1.165) is 17.8 Å². The molecule has 0 spiro atoms. The Morgan fingerprint density at radius 3 is 2.28 bits per heavy atom. The van der Waals surface area contributed by atoms with Crippen LogP contribution >= 0.6 is 0 Å². The van der Waals surface area contributed by atoms with Crippen LogP contribution in [0.2, 0.25) is 0 Å². The number of benzene rings is 2. The fourth-order valence-corrected chi connectivity index (χ4v) is 2.28. The Hall–Kier alpha value is -2.67. The van der Waals surface area contributed by atoms with Crippen molar-refractivity contribution in [2.24, 2.45) is 0 Å². The van der Waals surface area contributed by atoms with Crippen molar-refractivity contribution in [2.75, 3.05) is 24.3 Å². The van der Waals surface area contributed by atoms with Crippen LogP contribution in [0.3, 0.4) is 0 Å². The van der Waals surface area contributed by atoms with E-state index in [0.29, 0.717) is 5.69 Å². The Labute approximate surface area is 145 Å². The SMILES string of the molecule is CC(NC(=O)Nc1ccc(N(C)C)cc1)C(O)c1ccc(F)c(F)c1. The zero-order valence-electron chi connectivity index (χ0n) is 14.3. The van der Waals surface area contributed by atoms with E-state index in [4.69, 9.17) is 0 Å². The van der Waals surface area contributed by atoms with E-state index in [-0.39, 0.29) is 5.56 Å². The summed E-state index contributed by atoms with van der Waals surface area (Å²) in [4.78, 5) is 14.0. The number of hydrogen-bond acceptors (Lipinski definition) is 3. The van der Waals surface area contributed by atoms with Crippen LogP contribution in [0.5, 0.6) is 0 Å². The van der Waals surface area contributed by atoms with E-state index >= 15 is 0 Å². The minimum absolute atomic E-state index is 0.182. The molecule has 2 aromatic rings. The molecule has 0 saturated heterocycles. The third kappa shape index (κ3) is 4.90. The largest absolute Gasteiger partial charge is 0.386 e. The fraction of sp³-hybridized carbons (Fsp3) is 0.278. The summed E-state index contributed by atoms with van der Waals surface area (Å²) >= 11 is 0. The fourth-order valence-electron chi connectivity index (χ4n) is 2.28. The van der Waals surface area contributed by atoms with Crippen molar-refractivity contribution in [1.29, 1.82) is 0 Å². The number of urea groups is 1. The number of aliphatic hydroxyl groups is 1. The second-order valence-electron chi connectivity index (χ2n) is 5.95. The van der Waals surface area contributed by atoms with Crippen molar-refractivity contribution >= 4 is 17.4 Å². The maximum atomic E-state index is 13.3. The zero-order chi connectivity index (χ0) is 18.6. The van der Waals surface area contributed by atoms with Crippen LogP contribution in [0.25, 0.3) is 0 Å². The van der Waals surface area contributed by atoms with Crippen molar-refractivity contribution in [3.8, 4) is 0 Å². The van der Waals surface area contributed by atoms with Gasteiger partial charge in [-0.3, -0.25) is 0 Å². The second kappa shape index (κ2) is 7.94. The molecule has 2 amide bonds. The van der Waals surface area contributed by atoms with E-state index in [1.54, 1.807) is 19.1 Å². The van der Waals surface area contributed by atoms with Crippen LogP contribution in [0, 0.1) is 11.6 Å². The second-order valence-corrected chi connectivity index (χ2v) is 5.95. The number of carbonyl (C=O) groups excluding carboxylic acids is 1. The van der Waals surface area contributed by atoms with Gasteiger partial charge in [0.05, 0.1) is 12.1 Å². The summed E-state index contributed by atoms with van der Waals surface area (Å²) in [6.45, 7) is 1.57. The lowest BCUT2D eigenvalue weighted by Gasteiger charge is -2.21. The predicted molar refractivity (Wildman–Crippen MR) is 93.7 cm³/mol. The monoisotopic (exact) mass is 349 g/mol. The van der Waals surface area contributed by atoms with Crippen LogP contribution in [0.4, 0.5) is 25.0 Å². The van der Waals surface area contributed by atoms with Crippen molar-refractivity contribution in [3.05, 3.63) is 59.7 Å². The summed E-state index contributed by atoms with van der Waals surface area (Å²) < 4.78 is 26.2. The van der Waals surface area contributed by atoms with Gasteiger partial charge in [-0.15, -0.1) is 0 Å². The lowest BCUT2D eigenvalue weighted by molar-refractivity contribution is 0.138. The number of amides is 2. The molecule has 134 valence electrons. The van der Waals surface area contributed by atoms with Crippen molar-refractivity contribution < 1.29 is 18.7 Å². The number of hydrogen-bond donors (Lipinski definition) is 3. The maximum Gasteiger partial charge on any atom is 0.319 e. The van der Waals surface area contributed by atoms with Crippen LogP contribution in [-0.4, -0.2) is 31.3 Å². The number of anilines is 2. The molecule has 2 aromatic carbocycles. The number of aliphatic hydroxyl groups excluding tert-OH is 1. The van der Waals surface area contributed by atoms with Gasteiger partial charge in [0.1, 0.15) is 0 Å². The highest BCUT2D eigenvalue weighted by atomic mass is 19.2. The molecule has 0 fully saturated rings. The van der Waals surface area contributed by atoms with Gasteiger partial charge in [-0.05, 0) is 48.9 Å². The van der Waals surface area contributed by atoms with Crippen molar-refractivity contribution in [1.82, 2.24) is 5.32 Å². The van der Waals surface area contributed by atoms with Crippen molar-refractivity contribution in [3.63, 3.8) is 0 Å². The van der Waals surface area contributed by atoms with E-state index in [9.17, 15) is 18.7 Å². The lowest BCUT2D eigenvalue weighted by atomic mass is 10.0. The quantitative estimate of drug-likeness (QED) is 0.776. The number of nitrogens with one attached hydrogen (secondary N) is 2. The topological polar surface area (TPSA) is 64.6 Å². The van der Waals surface area contributed by atoms with Crippen LogP contribution in [0.1, 0.15) is 18.6 Å². The van der Waals surface area contributed by atoms with Gasteiger partial charge in [0.2, 0.25) is 0 Å². The molecule has 0 bridgehead atoms. The third-order valence-corrected chi connectivity index (χ3v) is 3.76. The van der Waals surface area contributed by atoms with Gasteiger partial charge >= 0.3 is 6.03 Å². The first kappa shape index (κ1) is 18.7. The number of rotatable bonds is 5. The van der Waals surface area contributed by atoms with Gasteiger partial charge in [0.15, 0.2) is 11.6 Å². The predicted octanol–water partition coefficient (Wildman–Crippen LogP) is 3.27. The molecule has 25 heavy (non-hydrogen) atoms. The van der Waals surface area contributed by atoms with Gasteiger partial charge in [-0.1, -0.05) is 6.07 Å². The highest BCUT2D eigenvalue weighted by Crippen LogP contribution is 2.20. The van der Waals surface area contributed by atoms with Gasteiger partial charge in [-0.25, -0.2) is 13.6 Å². The van der Waals surface area contributed by atoms with E-state index in [1.165, 1.54) is 6.07 Å². The lowest BCUT2D eigenvalue weighted by Crippen LogP contribution is -2.39. The first-order valence-electron chi connectivity index (χ1n) is 7.76. The normalized spacial score (nSPS) is 13.0. The third-order valence-electron chi connectivity index (χ3n) is 3.76. The zero-order valence-corrected chi connectivity index (χ0v) is 14.3. The minimum atomic E-state index is -1.17. The first-order valence-corrected chi connectivity index (χ1v) is 7.76. The molecule has 2 atom stereocenters. The summed E-state index contributed by atoms with van der Waals surface area (Å²) in [6, 6.07) is 9.14. The molecule has 0 aliphatic heterocycles. The molecule has 0 aromatic heterocycles. The Balaban J connectivity index is 1.95. The standard InChI is InChI=1S/C18H21F2N3O2/c1-11(17(24)12-4-9-15(19)16(20)10-12)21-18(25)22-13-5-7-14(8-6-13)23(2)3/h4-11,17,24H,1-3H3,(H2,21,22,25). The molecule has 3 N–H and O–H groups in total. The first-order chi connectivity index (χ1) is 11.8. The van der Waals surface area contributed by atoms with E-state index in [1.807, 2.05) is 31.1 Å². The number of halogens is 2. The summed E-state index contributed by atoms with van der Waals surface area (Å²) in [7, 11) is 3.83. The minimum Gasteiger partial charge on any atom is -0.386 e. The van der Waals surface area contributed by atoms with Gasteiger partial charge in [-0.2, -0.15) is 0 Å². The number of carbonyl (C=O) groups is 1. The molecule has 2 unspecified atom stereocenters. The molecule has 0 aliphatic rings. The van der Waals surface area contributed by atoms with Gasteiger partial charge in [0, 0.05) is 25.5 Å². The Kier molecular flexibility index (Phi) is 5.93. The van der Waals surface area contributed by atoms with E-state index < -0.39 is 29.8 Å². The maximum absolute atomic E-state index is 13.3. The molecular weight excluding hydrogens is 328 g/mol. The van der Waals surface area contributed by atoms with E-state index in [2.05, 4.69) is 10.6 Å². The molecule has 0 radical (unpaired) electrons. The number of nitrogens with zero attached hydrogens (tertiary/aromatic N) is 1. The molecular formula is C18H21F2N3O2. The Morgan fingerprint density at radius 1 is 1.08 bits per heavy atom. The molecule has 0 saturated carbocycles. The average molecular weight is 349 g/mol. The van der Waals surface area contributed by atoms with Gasteiger partial charge in [0.25, 0.3) is 0 Å².